The normalized spacial score (nSPS) is 16.9. The van der Waals surface area contributed by atoms with Crippen LogP contribution in [0.15, 0.2) is 29.2 Å². The van der Waals surface area contributed by atoms with E-state index < -0.39 is 5.97 Å². The van der Waals surface area contributed by atoms with Crippen molar-refractivity contribution in [3.8, 4) is 16.2 Å². The number of aliphatic carboxylic acids is 1. The van der Waals surface area contributed by atoms with Crippen molar-refractivity contribution in [3.63, 3.8) is 0 Å². The molecule has 0 atom stereocenters. The zero-order valence-corrected chi connectivity index (χ0v) is 17.6. The van der Waals surface area contributed by atoms with Crippen molar-refractivity contribution >= 4 is 69.2 Å². The minimum atomic E-state index is -0.882. The van der Waals surface area contributed by atoms with Crippen molar-refractivity contribution in [2.75, 3.05) is 6.54 Å². The molecule has 5 nitrogen and oxygen atoms in total. The van der Waals surface area contributed by atoms with Gasteiger partial charge in [-0.05, 0) is 36.8 Å². The van der Waals surface area contributed by atoms with Crippen LogP contribution < -0.4 is 4.74 Å². The molecular formula is C19H14ClNO4S3. The van der Waals surface area contributed by atoms with Crippen molar-refractivity contribution < 1.29 is 19.4 Å². The Morgan fingerprint density at radius 3 is 3.00 bits per heavy atom. The fourth-order valence-electron chi connectivity index (χ4n) is 3.03. The molecule has 1 aromatic carbocycles. The van der Waals surface area contributed by atoms with Crippen LogP contribution in [0.3, 0.4) is 0 Å². The van der Waals surface area contributed by atoms with Crippen molar-refractivity contribution in [1.29, 1.82) is 0 Å². The number of rotatable bonds is 5. The first-order chi connectivity index (χ1) is 13.4. The molecule has 2 aliphatic heterocycles. The fraction of sp³-hybridized carbons (Fsp3) is 0.211. The van der Waals surface area contributed by atoms with Crippen molar-refractivity contribution in [3.05, 3.63) is 44.6 Å². The van der Waals surface area contributed by atoms with Crippen LogP contribution in [0.5, 0.6) is 5.75 Å². The molecule has 2 aliphatic rings. The number of carboxylic acids is 1. The lowest BCUT2D eigenvalue weighted by atomic mass is 10.1. The Balaban J connectivity index is 1.57. The summed E-state index contributed by atoms with van der Waals surface area (Å²) in [5, 5.41) is 9.41. The molecule has 1 saturated heterocycles. The Bertz CT molecular complexity index is 1030. The summed E-state index contributed by atoms with van der Waals surface area (Å²) in [6.07, 6.45) is 2.22. The molecule has 1 N–H and O–H groups in total. The number of benzene rings is 1. The van der Waals surface area contributed by atoms with Crippen LogP contribution in [-0.2, 0) is 16.2 Å². The molecular weight excluding hydrogens is 438 g/mol. The van der Waals surface area contributed by atoms with Crippen LogP contribution in [0.25, 0.3) is 16.5 Å². The number of carboxylic acid groups (broad SMARTS) is 1. The molecule has 1 amide bonds. The van der Waals surface area contributed by atoms with Crippen LogP contribution in [0, 0.1) is 0 Å². The van der Waals surface area contributed by atoms with Crippen molar-refractivity contribution in [1.82, 2.24) is 4.90 Å². The number of hydrogen-bond acceptors (Lipinski definition) is 6. The van der Waals surface area contributed by atoms with Gasteiger partial charge in [0.15, 0.2) is 0 Å². The van der Waals surface area contributed by atoms with Crippen LogP contribution in [0.4, 0.5) is 0 Å². The highest BCUT2D eigenvalue weighted by molar-refractivity contribution is 8.26. The Kier molecular flexibility index (Phi) is 5.46. The van der Waals surface area contributed by atoms with E-state index in [1.165, 1.54) is 16.7 Å². The number of fused-ring (bicyclic) bond motifs is 3. The first-order valence-corrected chi connectivity index (χ1v) is 10.9. The van der Waals surface area contributed by atoms with E-state index in [0.717, 1.165) is 26.6 Å². The van der Waals surface area contributed by atoms with Gasteiger partial charge in [0, 0.05) is 38.9 Å². The highest BCUT2D eigenvalue weighted by atomic mass is 35.5. The number of ether oxygens (including phenoxy) is 1. The SMILES string of the molecule is O=C(O)CCCN1C(=O)C(=Cc2cc3c(s2)-c2cc(Cl)ccc2OC3)SC1=S. The number of thiocarbonyl (C=S) groups is 1. The molecule has 1 aromatic heterocycles. The van der Waals surface area contributed by atoms with Crippen molar-refractivity contribution in [2.45, 2.75) is 19.4 Å². The molecule has 28 heavy (non-hydrogen) atoms. The van der Waals surface area contributed by atoms with Crippen LogP contribution in [0.1, 0.15) is 23.3 Å². The molecule has 0 bridgehead atoms. The number of amides is 1. The maximum absolute atomic E-state index is 12.6. The quantitative estimate of drug-likeness (QED) is 0.508. The predicted molar refractivity (Wildman–Crippen MR) is 116 cm³/mol. The standard InChI is InChI=1S/C19H14ClNO4S3/c20-11-3-4-14-13(7-11)17-10(9-25-14)6-12(27-17)8-15-18(24)21(19(26)28-15)5-1-2-16(22)23/h3-4,6-8H,1-2,5,9H2,(H,22,23). The van der Waals surface area contributed by atoms with Gasteiger partial charge in [-0.25, -0.2) is 0 Å². The Labute approximate surface area is 179 Å². The van der Waals surface area contributed by atoms with E-state index in [-0.39, 0.29) is 12.3 Å². The highest BCUT2D eigenvalue weighted by Gasteiger charge is 2.32. The maximum atomic E-state index is 12.6. The third-order valence-electron chi connectivity index (χ3n) is 4.32. The molecule has 9 heteroatoms. The summed E-state index contributed by atoms with van der Waals surface area (Å²) < 4.78 is 6.25. The molecule has 3 heterocycles. The Morgan fingerprint density at radius 2 is 2.21 bits per heavy atom. The number of thiophene rings is 1. The van der Waals surface area contributed by atoms with E-state index in [2.05, 4.69) is 0 Å². The van der Waals surface area contributed by atoms with Gasteiger partial charge in [-0.2, -0.15) is 0 Å². The van der Waals surface area contributed by atoms with E-state index in [1.54, 1.807) is 17.4 Å². The van der Waals surface area contributed by atoms with Crippen molar-refractivity contribution in [2.24, 2.45) is 0 Å². The lowest BCUT2D eigenvalue weighted by Gasteiger charge is -2.17. The van der Waals surface area contributed by atoms with E-state index in [4.69, 9.17) is 33.7 Å². The molecule has 4 rings (SSSR count). The Morgan fingerprint density at radius 1 is 1.39 bits per heavy atom. The molecule has 0 saturated carbocycles. The van der Waals surface area contributed by atoms with Gasteiger partial charge >= 0.3 is 5.97 Å². The molecule has 1 fully saturated rings. The predicted octanol–water partition coefficient (Wildman–Crippen LogP) is 5.03. The average Bonchev–Trinajstić information content (AvgIpc) is 3.17. The lowest BCUT2D eigenvalue weighted by Crippen LogP contribution is -2.29. The minimum absolute atomic E-state index is 0.00964. The molecule has 0 aliphatic carbocycles. The molecule has 2 aromatic rings. The summed E-state index contributed by atoms with van der Waals surface area (Å²) in [5.41, 5.74) is 2.02. The summed E-state index contributed by atoms with van der Waals surface area (Å²) in [7, 11) is 0. The van der Waals surface area contributed by atoms with Gasteiger partial charge in [0.25, 0.3) is 5.91 Å². The first-order valence-electron chi connectivity index (χ1n) is 8.45. The zero-order valence-electron chi connectivity index (χ0n) is 14.4. The fourth-order valence-corrected chi connectivity index (χ4v) is 5.71. The van der Waals surface area contributed by atoms with Crippen LogP contribution in [0.2, 0.25) is 5.02 Å². The molecule has 0 radical (unpaired) electrons. The van der Waals surface area contributed by atoms with Gasteiger partial charge in [0.2, 0.25) is 0 Å². The van der Waals surface area contributed by atoms with E-state index in [0.29, 0.717) is 33.8 Å². The smallest absolute Gasteiger partial charge is 0.303 e. The van der Waals surface area contributed by atoms with Gasteiger partial charge in [-0.3, -0.25) is 14.5 Å². The summed E-state index contributed by atoms with van der Waals surface area (Å²) in [6.45, 7) is 0.791. The van der Waals surface area contributed by atoms with Gasteiger partial charge in [0.1, 0.15) is 16.7 Å². The monoisotopic (exact) mass is 451 g/mol. The average molecular weight is 452 g/mol. The summed E-state index contributed by atoms with van der Waals surface area (Å²) in [5.74, 6) is -0.255. The largest absolute Gasteiger partial charge is 0.488 e. The van der Waals surface area contributed by atoms with Gasteiger partial charge in [-0.1, -0.05) is 35.6 Å². The summed E-state index contributed by atoms with van der Waals surface area (Å²) in [6, 6.07) is 7.57. The van der Waals surface area contributed by atoms with Crippen LogP contribution in [-0.4, -0.2) is 32.7 Å². The molecule has 144 valence electrons. The van der Waals surface area contributed by atoms with Gasteiger partial charge in [0.05, 0.1) is 4.91 Å². The second kappa shape index (κ2) is 7.87. The zero-order chi connectivity index (χ0) is 19.8. The highest BCUT2D eigenvalue weighted by Crippen LogP contribution is 2.44. The van der Waals surface area contributed by atoms with E-state index in [1.807, 2.05) is 24.3 Å². The third-order valence-corrected chi connectivity index (χ3v) is 7.09. The third kappa shape index (κ3) is 3.82. The molecule has 0 unspecified atom stereocenters. The van der Waals surface area contributed by atoms with Gasteiger partial charge < -0.3 is 9.84 Å². The topological polar surface area (TPSA) is 66.8 Å². The number of halogens is 1. The number of thioether (sulfide) groups is 1. The lowest BCUT2D eigenvalue weighted by molar-refractivity contribution is -0.137. The number of carbonyl (C=O) groups is 2. The second-order valence-electron chi connectivity index (χ2n) is 6.26. The number of carbonyl (C=O) groups excluding carboxylic acids is 1. The number of hydrogen-bond donors (Lipinski definition) is 1. The van der Waals surface area contributed by atoms with Crippen LogP contribution >= 0.6 is 46.9 Å². The summed E-state index contributed by atoms with van der Waals surface area (Å²) >= 11 is 14.2. The summed E-state index contributed by atoms with van der Waals surface area (Å²) in [4.78, 5) is 27.4. The van der Waals surface area contributed by atoms with E-state index in [9.17, 15) is 9.59 Å². The van der Waals surface area contributed by atoms with E-state index >= 15 is 0 Å². The second-order valence-corrected chi connectivity index (χ2v) is 9.46. The number of nitrogens with zero attached hydrogens (tertiary/aromatic N) is 1. The Hall–Kier alpha value is -1.87. The molecule has 0 spiro atoms. The minimum Gasteiger partial charge on any atom is -0.488 e. The van der Waals surface area contributed by atoms with Gasteiger partial charge in [-0.15, -0.1) is 11.3 Å². The first kappa shape index (κ1) is 19.4. The maximum Gasteiger partial charge on any atom is 0.303 e.